The lowest BCUT2D eigenvalue weighted by atomic mass is 10.0. The first-order chi connectivity index (χ1) is 28.7. The smallest absolute Gasteiger partial charge is 0.153 e. The van der Waals surface area contributed by atoms with Gasteiger partial charge in [0.1, 0.15) is 11.1 Å². The van der Waals surface area contributed by atoms with Gasteiger partial charge >= 0.3 is 0 Å². The van der Waals surface area contributed by atoms with E-state index in [1.807, 2.05) is 73.2 Å². The Morgan fingerprint density at radius 3 is 1.86 bits per heavy atom. The summed E-state index contributed by atoms with van der Waals surface area (Å²) < 4.78 is 6.05. The number of aromatic nitrogens is 4. The molecule has 58 heavy (non-hydrogen) atoms. The average Bonchev–Trinajstić information content (AvgIpc) is 3.68. The van der Waals surface area contributed by atoms with Gasteiger partial charge in [-0.1, -0.05) is 97.1 Å². The van der Waals surface area contributed by atoms with Crippen LogP contribution in [0.1, 0.15) is 0 Å². The molecule has 5 heterocycles. The first-order valence-electron chi connectivity index (χ1n) is 19.3. The van der Waals surface area contributed by atoms with E-state index < -0.39 is 0 Å². The number of furan rings is 1. The Kier molecular flexibility index (Phi) is 8.04. The summed E-state index contributed by atoms with van der Waals surface area (Å²) in [5.74, 6) is 0. The monoisotopic (exact) mass is 743 g/mol. The molecular weight excluding hydrogens is 711 g/mol. The standard InChI is InChI=1S/C52H33N5O/c1-2-7-37(8-3-1)51-50-40(9-6-29-54-50)32-47(56-51)36-18-24-44(25-19-36)57(42-20-14-34(15-21-42)38-12-13-41-33-53-30-28-39(41)31-38)43-22-16-35(17-23-43)46-26-27-49-52(55-46)45-10-4-5-11-48(45)58-49/h1-33H. The second kappa shape index (κ2) is 14.0. The minimum absolute atomic E-state index is 0.784. The molecule has 0 aliphatic rings. The summed E-state index contributed by atoms with van der Waals surface area (Å²) in [7, 11) is 0. The van der Waals surface area contributed by atoms with Crippen molar-refractivity contribution < 1.29 is 4.42 Å². The number of pyridine rings is 4. The van der Waals surface area contributed by atoms with Crippen molar-refractivity contribution in [1.82, 2.24) is 19.9 Å². The second-order valence-electron chi connectivity index (χ2n) is 14.4. The molecule has 0 unspecified atom stereocenters. The summed E-state index contributed by atoms with van der Waals surface area (Å²) >= 11 is 0. The maximum absolute atomic E-state index is 6.05. The van der Waals surface area contributed by atoms with E-state index in [1.165, 1.54) is 5.39 Å². The number of nitrogens with zero attached hydrogens (tertiary/aromatic N) is 5. The van der Waals surface area contributed by atoms with Crippen LogP contribution in [0.4, 0.5) is 17.1 Å². The Hall–Kier alpha value is -7.96. The van der Waals surface area contributed by atoms with Gasteiger partial charge in [-0.25, -0.2) is 9.97 Å². The number of benzene rings is 6. The van der Waals surface area contributed by atoms with Gasteiger partial charge < -0.3 is 9.32 Å². The van der Waals surface area contributed by atoms with E-state index in [4.69, 9.17) is 19.4 Å². The van der Waals surface area contributed by atoms with Crippen molar-refractivity contribution in [2.75, 3.05) is 4.90 Å². The van der Waals surface area contributed by atoms with Crippen LogP contribution in [0.15, 0.2) is 205 Å². The fourth-order valence-corrected chi connectivity index (χ4v) is 7.86. The molecule has 6 heteroatoms. The third kappa shape index (κ3) is 6.01. The van der Waals surface area contributed by atoms with Crippen molar-refractivity contribution in [1.29, 1.82) is 0 Å². The number of anilines is 3. The molecule has 11 aromatic rings. The fourth-order valence-electron chi connectivity index (χ4n) is 7.86. The molecule has 11 rings (SSSR count). The molecule has 0 aliphatic carbocycles. The molecule has 0 radical (unpaired) electrons. The molecule has 0 N–H and O–H groups in total. The van der Waals surface area contributed by atoms with Gasteiger partial charge in [-0.05, 0) is 101 Å². The lowest BCUT2D eigenvalue weighted by Crippen LogP contribution is -2.09. The van der Waals surface area contributed by atoms with Crippen molar-refractivity contribution >= 4 is 60.8 Å². The lowest BCUT2D eigenvalue weighted by molar-refractivity contribution is 0.668. The summed E-state index contributed by atoms with van der Waals surface area (Å²) in [6.45, 7) is 0. The van der Waals surface area contributed by atoms with Crippen LogP contribution in [-0.2, 0) is 0 Å². The SMILES string of the molecule is c1ccc(-c2nc(-c3ccc(N(c4ccc(-c5ccc6cnccc6c5)cc4)c4ccc(-c5ccc6oc7ccccc7c6n5)cc4)cc3)cc3cccnc23)cc1. The highest BCUT2D eigenvalue weighted by atomic mass is 16.3. The number of rotatable bonds is 7. The Balaban J connectivity index is 0.979. The van der Waals surface area contributed by atoms with Crippen LogP contribution < -0.4 is 4.90 Å². The van der Waals surface area contributed by atoms with Gasteiger partial charge in [0.15, 0.2) is 5.58 Å². The number of para-hydroxylation sites is 1. The number of hydrogen-bond donors (Lipinski definition) is 0. The quantitative estimate of drug-likeness (QED) is 0.162. The van der Waals surface area contributed by atoms with E-state index in [0.29, 0.717) is 0 Å². The van der Waals surface area contributed by atoms with E-state index >= 15 is 0 Å². The van der Waals surface area contributed by atoms with E-state index in [-0.39, 0.29) is 0 Å². The van der Waals surface area contributed by atoms with Crippen LogP contribution in [-0.4, -0.2) is 19.9 Å². The summed E-state index contributed by atoms with van der Waals surface area (Å²) in [6.07, 6.45) is 5.57. The Morgan fingerprint density at radius 2 is 1.09 bits per heavy atom. The van der Waals surface area contributed by atoms with Crippen molar-refractivity contribution in [3.63, 3.8) is 0 Å². The van der Waals surface area contributed by atoms with E-state index in [0.717, 1.165) is 100 Å². The van der Waals surface area contributed by atoms with Gasteiger partial charge in [0, 0.05) is 68.5 Å². The number of hydrogen-bond acceptors (Lipinski definition) is 6. The normalized spacial score (nSPS) is 11.4. The molecule has 0 spiro atoms. The molecule has 0 amide bonds. The largest absolute Gasteiger partial charge is 0.454 e. The molecule has 6 aromatic carbocycles. The van der Waals surface area contributed by atoms with Gasteiger partial charge in [-0.2, -0.15) is 0 Å². The molecule has 0 fully saturated rings. The molecule has 0 saturated carbocycles. The van der Waals surface area contributed by atoms with E-state index in [1.54, 1.807) is 0 Å². The first kappa shape index (κ1) is 33.4. The van der Waals surface area contributed by atoms with Crippen molar-refractivity contribution in [2.24, 2.45) is 0 Å². The van der Waals surface area contributed by atoms with Crippen LogP contribution >= 0.6 is 0 Å². The Bertz CT molecular complexity index is 3270. The summed E-state index contributed by atoms with van der Waals surface area (Å²) in [6, 6.07) is 63.2. The van der Waals surface area contributed by atoms with Crippen LogP contribution in [0.3, 0.4) is 0 Å². The van der Waals surface area contributed by atoms with E-state index in [2.05, 4.69) is 137 Å². The third-order valence-electron chi connectivity index (χ3n) is 10.8. The Morgan fingerprint density at radius 1 is 0.397 bits per heavy atom. The van der Waals surface area contributed by atoms with Crippen molar-refractivity contribution in [3.05, 3.63) is 201 Å². The Labute approximate surface area is 334 Å². The molecule has 272 valence electrons. The zero-order chi connectivity index (χ0) is 38.4. The first-order valence-corrected chi connectivity index (χ1v) is 19.3. The van der Waals surface area contributed by atoms with E-state index in [9.17, 15) is 0 Å². The minimum atomic E-state index is 0.784. The summed E-state index contributed by atoms with van der Waals surface area (Å²) in [5.41, 5.74) is 14.5. The van der Waals surface area contributed by atoms with Gasteiger partial charge in [0.2, 0.25) is 0 Å². The second-order valence-corrected chi connectivity index (χ2v) is 14.4. The zero-order valence-electron chi connectivity index (χ0n) is 31.2. The highest BCUT2D eigenvalue weighted by molar-refractivity contribution is 6.03. The van der Waals surface area contributed by atoms with Crippen LogP contribution in [0.5, 0.6) is 0 Å². The predicted molar refractivity (Wildman–Crippen MR) is 236 cm³/mol. The third-order valence-corrected chi connectivity index (χ3v) is 10.8. The molecule has 0 saturated heterocycles. The zero-order valence-corrected chi connectivity index (χ0v) is 31.2. The highest BCUT2D eigenvalue weighted by Gasteiger charge is 2.17. The summed E-state index contributed by atoms with van der Waals surface area (Å²) in [5, 5.41) is 4.36. The molecule has 0 bridgehead atoms. The molecular formula is C52H33N5O. The fraction of sp³-hybridized carbons (Fsp3) is 0. The minimum Gasteiger partial charge on any atom is -0.454 e. The van der Waals surface area contributed by atoms with Crippen molar-refractivity contribution in [2.45, 2.75) is 0 Å². The molecule has 5 aromatic heterocycles. The molecule has 0 aliphatic heterocycles. The van der Waals surface area contributed by atoms with Gasteiger partial charge in [0.05, 0.1) is 22.6 Å². The average molecular weight is 744 g/mol. The maximum Gasteiger partial charge on any atom is 0.153 e. The van der Waals surface area contributed by atoms with Gasteiger partial charge in [-0.3, -0.25) is 9.97 Å². The molecule has 0 atom stereocenters. The van der Waals surface area contributed by atoms with Crippen LogP contribution in [0.2, 0.25) is 0 Å². The van der Waals surface area contributed by atoms with Gasteiger partial charge in [-0.15, -0.1) is 0 Å². The molecule has 6 nitrogen and oxygen atoms in total. The van der Waals surface area contributed by atoms with Crippen LogP contribution in [0, 0.1) is 0 Å². The topological polar surface area (TPSA) is 67.9 Å². The predicted octanol–water partition coefficient (Wildman–Crippen LogP) is 13.6. The van der Waals surface area contributed by atoms with Gasteiger partial charge in [0.25, 0.3) is 0 Å². The van der Waals surface area contributed by atoms with Crippen molar-refractivity contribution in [3.8, 4) is 44.9 Å². The van der Waals surface area contributed by atoms with Crippen LogP contribution in [0.25, 0.3) is 88.6 Å². The lowest BCUT2D eigenvalue weighted by Gasteiger charge is -2.26. The number of fused-ring (bicyclic) bond motifs is 5. The highest BCUT2D eigenvalue weighted by Crippen LogP contribution is 2.39. The summed E-state index contributed by atoms with van der Waals surface area (Å²) in [4.78, 5) is 21.5. The maximum atomic E-state index is 6.05.